The number of aryl methyl sites for hydroxylation is 1. The van der Waals surface area contributed by atoms with Gasteiger partial charge in [-0.2, -0.15) is 0 Å². The summed E-state index contributed by atoms with van der Waals surface area (Å²) in [5, 5.41) is 2.88. The Morgan fingerprint density at radius 3 is 2.81 bits per heavy atom. The van der Waals surface area contributed by atoms with Crippen LogP contribution in [0.1, 0.15) is 22.3 Å². The van der Waals surface area contributed by atoms with E-state index in [1.807, 2.05) is 12.3 Å². The Balaban J connectivity index is 2.45. The molecular weight excluding hydrogens is 247 g/mol. The predicted molar refractivity (Wildman–Crippen MR) is 64.3 cm³/mol. The van der Waals surface area contributed by atoms with Gasteiger partial charge in [0.1, 0.15) is 10.8 Å². The van der Waals surface area contributed by atoms with Crippen molar-refractivity contribution in [3.05, 3.63) is 50.7 Å². The van der Waals surface area contributed by atoms with Crippen LogP contribution in [0.3, 0.4) is 0 Å². The van der Waals surface area contributed by atoms with Crippen molar-refractivity contribution in [2.24, 2.45) is 5.73 Å². The molecule has 0 radical (unpaired) electrons. The quantitative estimate of drug-likeness (QED) is 0.896. The molecule has 0 saturated carbocycles. The van der Waals surface area contributed by atoms with Crippen molar-refractivity contribution in [3.63, 3.8) is 0 Å². The molecule has 0 amide bonds. The van der Waals surface area contributed by atoms with Crippen LogP contribution in [0.15, 0.2) is 23.6 Å². The summed E-state index contributed by atoms with van der Waals surface area (Å²) in [5.41, 5.74) is 7.14. The minimum absolute atomic E-state index is 0.304. The summed E-state index contributed by atoms with van der Waals surface area (Å²) in [6.45, 7) is 1.87. The monoisotopic (exact) mass is 256 g/mol. The average molecular weight is 257 g/mol. The number of benzene rings is 1. The van der Waals surface area contributed by atoms with Gasteiger partial charge in [0.2, 0.25) is 0 Å². The molecule has 1 aromatic carbocycles. The molecule has 0 aliphatic rings. The lowest BCUT2D eigenvalue weighted by Gasteiger charge is -2.11. The second kappa shape index (κ2) is 4.49. The number of thiazole rings is 1. The van der Waals surface area contributed by atoms with E-state index in [2.05, 4.69) is 4.98 Å². The molecule has 2 N–H and O–H groups in total. The van der Waals surface area contributed by atoms with Gasteiger partial charge >= 0.3 is 0 Å². The molecule has 84 valence electrons. The zero-order chi connectivity index (χ0) is 11.7. The molecule has 1 unspecified atom stereocenters. The van der Waals surface area contributed by atoms with E-state index in [9.17, 15) is 4.39 Å². The van der Waals surface area contributed by atoms with Crippen molar-refractivity contribution in [1.82, 2.24) is 4.98 Å². The maximum Gasteiger partial charge on any atom is 0.129 e. The second-order valence-electron chi connectivity index (χ2n) is 3.44. The molecule has 0 spiro atoms. The fourth-order valence-electron chi connectivity index (χ4n) is 1.45. The molecule has 1 heterocycles. The van der Waals surface area contributed by atoms with E-state index in [0.29, 0.717) is 15.6 Å². The van der Waals surface area contributed by atoms with Gasteiger partial charge in [-0.05, 0) is 19.1 Å². The first-order chi connectivity index (χ1) is 7.59. The zero-order valence-electron chi connectivity index (χ0n) is 8.58. The molecule has 0 aliphatic carbocycles. The van der Waals surface area contributed by atoms with Crippen LogP contribution in [0.25, 0.3) is 0 Å². The molecule has 5 heteroatoms. The summed E-state index contributed by atoms with van der Waals surface area (Å²) in [6.07, 6.45) is 0. The van der Waals surface area contributed by atoms with Gasteiger partial charge in [-0.3, -0.25) is 0 Å². The third kappa shape index (κ3) is 2.09. The first-order valence-corrected chi connectivity index (χ1v) is 5.97. The Morgan fingerprint density at radius 1 is 1.50 bits per heavy atom. The van der Waals surface area contributed by atoms with Crippen LogP contribution in [-0.2, 0) is 0 Å². The number of aromatic nitrogens is 1. The van der Waals surface area contributed by atoms with E-state index < -0.39 is 11.9 Å². The van der Waals surface area contributed by atoms with Crippen LogP contribution in [0.2, 0.25) is 5.02 Å². The van der Waals surface area contributed by atoms with Crippen molar-refractivity contribution in [3.8, 4) is 0 Å². The van der Waals surface area contributed by atoms with E-state index in [1.54, 1.807) is 12.1 Å². The Hall–Kier alpha value is -0.970. The summed E-state index contributed by atoms with van der Waals surface area (Å²) in [7, 11) is 0. The smallest absolute Gasteiger partial charge is 0.129 e. The van der Waals surface area contributed by atoms with Crippen LogP contribution < -0.4 is 5.73 Å². The summed E-state index contributed by atoms with van der Waals surface area (Å²) in [6, 6.07) is 3.93. The molecule has 2 nitrogen and oxygen atoms in total. The Labute approximate surface area is 102 Å². The lowest BCUT2D eigenvalue weighted by molar-refractivity contribution is 0.599. The van der Waals surface area contributed by atoms with Crippen molar-refractivity contribution < 1.29 is 4.39 Å². The molecule has 2 rings (SSSR count). The first-order valence-electron chi connectivity index (χ1n) is 4.71. The maximum atomic E-state index is 13.6. The molecule has 16 heavy (non-hydrogen) atoms. The molecule has 0 aliphatic heterocycles. The fraction of sp³-hybridized carbons (Fsp3) is 0.182. The van der Waals surface area contributed by atoms with E-state index in [0.717, 1.165) is 5.69 Å². The van der Waals surface area contributed by atoms with Gasteiger partial charge in [0.25, 0.3) is 0 Å². The second-order valence-corrected chi connectivity index (χ2v) is 4.74. The predicted octanol–water partition coefficient (Wildman–Crippen LogP) is 3.29. The van der Waals surface area contributed by atoms with E-state index in [1.165, 1.54) is 17.4 Å². The largest absolute Gasteiger partial charge is 0.318 e. The van der Waals surface area contributed by atoms with Crippen LogP contribution in [0.4, 0.5) is 4.39 Å². The number of halogens is 2. The Bertz CT molecular complexity index is 492. The van der Waals surface area contributed by atoms with Crippen molar-refractivity contribution in [1.29, 1.82) is 0 Å². The van der Waals surface area contributed by atoms with Gasteiger partial charge in [0.15, 0.2) is 0 Å². The van der Waals surface area contributed by atoms with Crippen molar-refractivity contribution in [2.75, 3.05) is 0 Å². The maximum absolute atomic E-state index is 13.6. The first kappa shape index (κ1) is 11.5. The van der Waals surface area contributed by atoms with Crippen molar-refractivity contribution in [2.45, 2.75) is 13.0 Å². The standard InChI is InChI=1S/C11H10ClFN2S/c1-6-5-16-11(15-6)10(14)9-7(12)3-2-4-8(9)13/h2-5,10H,14H2,1H3. The lowest BCUT2D eigenvalue weighted by Crippen LogP contribution is -2.14. The lowest BCUT2D eigenvalue weighted by atomic mass is 10.1. The van der Waals surface area contributed by atoms with Crippen LogP contribution in [0, 0.1) is 12.7 Å². The average Bonchev–Trinajstić information content (AvgIpc) is 2.64. The highest BCUT2D eigenvalue weighted by Gasteiger charge is 2.19. The van der Waals surface area contributed by atoms with Crippen LogP contribution in [0.5, 0.6) is 0 Å². The van der Waals surface area contributed by atoms with Crippen LogP contribution >= 0.6 is 22.9 Å². The highest BCUT2D eigenvalue weighted by molar-refractivity contribution is 7.09. The molecule has 2 aromatic rings. The van der Waals surface area contributed by atoms with Gasteiger partial charge < -0.3 is 5.73 Å². The normalized spacial score (nSPS) is 12.8. The van der Waals surface area contributed by atoms with E-state index >= 15 is 0 Å². The van der Waals surface area contributed by atoms with Gasteiger partial charge in [0.05, 0.1) is 6.04 Å². The van der Waals surface area contributed by atoms with E-state index in [4.69, 9.17) is 17.3 Å². The molecule has 0 saturated heterocycles. The van der Waals surface area contributed by atoms with E-state index in [-0.39, 0.29) is 0 Å². The third-order valence-electron chi connectivity index (χ3n) is 2.21. The summed E-state index contributed by atoms with van der Waals surface area (Å²) in [4.78, 5) is 4.24. The Morgan fingerprint density at radius 2 is 2.25 bits per heavy atom. The van der Waals surface area contributed by atoms with Gasteiger partial charge in [-0.25, -0.2) is 9.37 Å². The van der Waals surface area contributed by atoms with Gasteiger partial charge in [0, 0.05) is 21.7 Å². The van der Waals surface area contributed by atoms with Crippen LogP contribution in [-0.4, -0.2) is 4.98 Å². The zero-order valence-corrected chi connectivity index (χ0v) is 10.1. The Kier molecular flexibility index (Phi) is 3.23. The minimum atomic E-state index is -0.604. The number of nitrogens with zero attached hydrogens (tertiary/aromatic N) is 1. The SMILES string of the molecule is Cc1csc(C(N)c2c(F)cccc2Cl)n1. The highest BCUT2D eigenvalue weighted by Crippen LogP contribution is 2.30. The molecule has 0 bridgehead atoms. The third-order valence-corrected chi connectivity index (χ3v) is 3.59. The molecular formula is C11H10ClFN2S. The number of hydrogen-bond donors (Lipinski definition) is 1. The fourth-order valence-corrected chi connectivity index (χ4v) is 2.53. The number of hydrogen-bond acceptors (Lipinski definition) is 3. The molecule has 0 fully saturated rings. The summed E-state index contributed by atoms with van der Waals surface area (Å²) < 4.78 is 13.6. The van der Waals surface area contributed by atoms with Gasteiger partial charge in [-0.15, -0.1) is 11.3 Å². The number of nitrogens with two attached hydrogens (primary N) is 1. The highest BCUT2D eigenvalue weighted by atomic mass is 35.5. The topological polar surface area (TPSA) is 38.9 Å². The summed E-state index contributed by atoms with van der Waals surface area (Å²) in [5.74, 6) is -0.396. The minimum Gasteiger partial charge on any atom is -0.318 e. The molecule has 1 atom stereocenters. The number of rotatable bonds is 2. The summed E-state index contributed by atoms with van der Waals surface area (Å²) >= 11 is 7.35. The van der Waals surface area contributed by atoms with Crippen molar-refractivity contribution >= 4 is 22.9 Å². The van der Waals surface area contributed by atoms with Gasteiger partial charge in [-0.1, -0.05) is 17.7 Å². The molecule has 1 aromatic heterocycles.